The van der Waals surface area contributed by atoms with Crippen molar-refractivity contribution in [2.45, 2.75) is 13.5 Å². The molecule has 18 heavy (non-hydrogen) atoms. The predicted molar refractivity (Wildman–Crippen MR) is 78.6 cm³/mol. The topological polar surface area (TPSA) is 64.1 Å². The van der Waals surface area contributed by atoms with Crippen molar-refractivity contribution in [3.8, 4) is 0 Å². The van der Waals surface area contributed by atoms with Crippen LogP contribution in [0.2, 0.25) is 0 Å². The first-order chi connectivity index (χ1) is 8.56. The summed E-state index contributed by atoms with van der Waals surface area (Å²) >= 11 is 8.43. The Bertz CT molecular complexity index is 582. The molecule has 0 radical (unpaired) electrons. The molecule has 2 aromatic rings. The van der Waals surface area contributed by atoms with Crippen LogP contribution in [-0.4, -0.2) is 10.1 Å². The Hall–Kier alpha value is -1.40. The minimum absolute atomic E-state index is 0.360. The van der Waals surface area contributed by atoms with E-state index in [4.69, 9.17) is 22.5 Å². The number of anilines is 1. The molecule has 0 aliphatic heterocycles. The first kappa shape index (κ1) is 13.0. The molecule has 6 heteroatoms. The van der Waals surface area contributed by atoms with Crippen molar-refractivity contribution in [1.29, 1.82) is 0 Å². The minimum atomic E-state index is 0.360. The van der Waals surface area contributed by atoms with Crippen molar-refractivity contribution in [2.24, 2.45) is 5.73 Å². The van der Waals surface area contributed by atoms with Crippen molar-refractivity contribution < 1.29 is 4.52 Å². The van der Waals surface area contributed by atoms with Gasteiger partial charge in [-0.1, -0.05) is 33.3 Å². The molecular formula is C12H12BrN3OS. The van der Waals surface area contributed by atoms with Gasteiger partial charge in [-0.2, -0.15) is 0 Å². The lowest BCUT2D eigenvalue weighted by Gasteiger charge is -2.10. The number of nitrogens with one attached hydrogen (secondary N) is 1. The highest BCUT2D eigenvalue weighted by atomic mass is 79.9. The summed E-state index contributed by atoms with van der Waals surface area (Å²) < 4.78 is 6.09. The van der Waals surface area contributed by atoms with Gasteiger partial charge in [-0.15, -0.1) is 0 Å². The number of rotatable bonds is 4. The van der Waals surface area contributed by atoms with Gasteiger partial charge >= 0.3 is 0 Å². The summed E-state index contributed by atoms with van der Waals surface area (Å²) in [6.45, 7) is 2.42. The molecule has 0 spiro atoms. The molecule has 1 heterocycles. The molecule has 0 fully saturated rings. The van der Waals surface area contributed by atoms with Gasteiger partial charge in [-0.3, -0.25) is 0 Å². The molecule has 0 atom stereocenters. The predicted octanol–water partition coefficient (Wildman–Crippen LogP) is 2.99. The van der Waals surface area contributed by atoms with Crippen LogP contribution in [0.5, 0.6) is 0 Å². The number of hydrogen-bond acceptors (Lipinski definition) is 4. The maximum Gasteiger partial charge on any atom is 0.156 e. The average Bonchev–Trinajstić information content (AvgIpc) is 2.72. The lowest BCUT2D eigenvalue weighted by Crippen LogP contribution is -2.13. The standard InChI is InChI=1S/C12H12BrN3OS/c1-7-4-9(17-16-7)6-15-11-5-8(13)2-3-10(11)12(14)18/h2-5,15H,6H2,1H3,(H2,14,18). The molecule has 2 rings (SSSR count). The van der Waals surface area contributed by atoms with Crippen LogP contribution in [0.25, 0.3) is 0 Å². The molecule has 94 valence electrons. The fourth-order valence-electron chi connectivity index (χ4n) is 1.56. The van der Waals surface area contributed by atoms with Crippen LogP contribution < -0.4 is 11.1 Å². The van der Waals surface area contributed by atoms with Crippen LogP contribution in [0, 0.1) is 6.92 Å². The number of hydrogen-bond donors (Lipinski definition) is 2. The fraction of sp³-hybridized carbons (Fsp3) is 0.167. The number of nitrogens with zero attached hydrogens (tertiary/aromatic N) is 1. The van der Waals surface area contributed by atoms with Crippen LogP contribution in [-0.2, 0) is 6.54 Å². The number of nitrogens with two attached hydrogens (primary N) is 1. The molecule has 3 N–H and O–H groups in total. The van der Waals surface area contributed by atoms with Crippen LogP contribution in [0.15, 0.2) is 33.3 Å². The van der Waals surface area contributed by atoms with Gasteiger partial charge in [0.15, 0.2) is 5.76 Å². The smallest absolute Gasteiger partial charge is 0.156 e. The summed E-state index contributed by atoms with van der Waals surface area (Å²) in [5.74, 6) is 0.765. The van der Waals surface area contributed by atoms with Crippen molar-refractivity contribution in [2.75, 3.05) is 5.32 Å². The van der Waals surface area contributed by atoms with E-state index in [1.807, 2.05) is 31.2 Å². The van der Waals surface area contributed by atoms with Crippen LogP contribution >= 0.6 is 28.1 Å². The Morgan fingerprint density at radius 2 is 2.28 bits per heavy atom. The van der Waals surface area contributed by atoms with Crippen LogP contribution in [0.1, 0.15) is 17.0 Å². The van der Waals surface area contributed by atoms with Gasteiger partial charge in [-0.05, 0) is 25.1 Å². The van der Waals surface area contributed by atoms with Gasteiger partial charge in [0.05, 0.1) is 12.2 Å². The van der Waals surface area contributed by atoms with E-state index < -0.39 is 0 Å². The number of benzene rings is 1. The van der Waals surface area contributed by atoms with Crippen molar-refractivity contribution in [1.82, 2.24) is 5.16 Å². The molecular weight excluding hydrogens is 314 g/mol. The molecule has 0 aliphatic carbocycles. The normalized spacial score (nSPS) is 10.3. The third kappa shape index (κ3) is 3.08. The third-order valence-electron chi connectivity index (χ3n) is 2.38. The highest BCUT2D eigenvalue weighted by molar-refractivity contribution is 9.10. The summed E-state index contributed by atoms with van der Waals surface area (Å²) in [6.07, 6.45) is 0. The summed E-state index contributed by atoms with van der Waals surface area (Å²) in [6, 6.07) is 7.59. The van der Waals surface area contributed by atoms with Gasteiger partial charge in [0.25, 0.3) is 0 Å². The zero-order chi connectivity index (χ0) is 13.1. The quantitative estimate of drug-likeness (QED) is 0.846. The van der Waals surface area contributed by atoms with E-state index in [1.54, 1.807) is 0 Å². The van der Waals surface area contributed by atoms with E-state index in [0.29, 0.717) is 11.5 Å². The molecule has 4 nitrogen and oxygen atoms in total. The van der Waals surface area contributed by atoms with E-state index in [2.05, 4.69) is 26.4 Å². The number of thiocarbonyl (C=S) groups is 1. The van der Waals surface area contributed by atoms with Gasteiger partial charge < -0.3 is 15.6 Å². The summed E-state index contributed by atoms with van der Waals surface area (Å²) in [5.41, 5.74) is 8.21. The van der Waals surface area contributed by atoms with E-state index in [0.717, 1.165) is 27.2 Å². The SMILES string of the molecule is Cc1cc(CNc2cc(Br)ccc2C(N)=S)on1. The van der Waals surface area contributed by atoms with Gasteiger partial charge in [-0.25, -0.2) is 0 Å². The maximum atomic E-state index is 5.68. The van der Waals surface area contributed by atoms with E-state index in [1.165, 1.54) is 0 Å². The summed E-state index contributed by atoms with van der Waals surface area (Å²) in [4.78, 5) is 0.360. The lowest BCUT2D eigenvalue weighted by molar-refractivity contribution is 0.384. The summed E-state index contributed by atoms with van der Waals surface area (Å²) in [5, 5.41) is 7.06. The monoisotopic (exact) mass is 325 g/mol. The van der Waals surface area contributed by atoms with Crippen LogP contribution in [0.4, 0.5) is 5.69 Å². The van der Waals surface area contributed by atoms with E-state index >= 15 is 0 Å². The Balaban J connectivity index is 2.17. The second kappa shape index (κ2) is 5.49. The number of aryl methyl sites for hydroxylation is 1. The fourth-order valence-corrected chi connectivity index (χ4v) is 2.10. The Labute approximate surface area is 119 Å². The first-order valence-corrected chi connectivity index (χ1v) is 6.52. The molecule has 0 aliphatic rings. The molecule has 0 saturated heterocycles. The Kier molecular flexibility index (Phi) is 3.98. The van der Waals surface area contributed by atoms with Crippen LogP contribution in [0.3, 0.4) is 0 Å². The maximum absolute atomic E-state index is 5.68. The van der Waals surface area contributed by atoms with E-state index in [9.17, 15) is 0 Å². The van der Waals surface area contributed by atoms with E-state index in [-0.39, 0.29) is 0 Å². The number of aromatic nitrogens is 1. The molecule has 0 amide bonds. The first-order valence-electron chi connectivity index (χ1n) is 5.31. The van der Waals surface area contributed by atoms with Gasteiger partial charge in [0, 0.05) is 21.8 Å². The Morgan fingerprint density at radius 3 is 2.89 bits per heavy atom. The molecule has 0 saturated carbocycles. The van der Waals surface area contributed by atoms with Gasteiger partial charge in [0.1, 0.15) is 4.99 Å². The largest absolute Gasteiger partial charge is 0.389 e. The molecule has 0 unspecified atom stereocenters. The molecule has 0 bridgehead atoms. The minimum Gasteiger partial charge on any atom is -0.389 e. The second-order valence-corrected chi connectivity index (χ2v) is 5.20. The lowest BCUT2D eigenvalue weighted by atomic mass is 10.1. The summed E-state index contributed by atoms with van der Waals surface area (Å²) in [7, 11) is 0. The van der Waals surface area contributed by atoms with Gasteiger partial charge in [0.2, 0.25) is 0 Å². The highest BCUT2D eigenvalue weighted by Gasteiger charge is 2.07. The zero-order valence-electron chi connectivity index (χ0n) is 9.74. The molecule has 1 aromatic carbocycles. The van der Waals surface area contributed by atoms with Crippen molar-refractivity contribution >= 4 is 38.8 Å². The third-order valence-corrected chi connectivity index (χ3v) is 3.09. The molecule has 1 aromatic heterocycles. The highest BCUT2D eigenvalue weighted by Crippen LogP contribution is 2.22. The Morgan fingerprint density at radius 1 is 1.50 bits per heavy atom. The van der Waals surface area contributed by atoms with Crippen molar-refractivity contribution in [3.05, 3.63) is 45.8 Å². The van der Waals surface area contributed by atoms with Crippen molar-refractivity contribution in [3.63, 3.8) is 0 Å². The zero-order valence-corrected chi connectivity index (χ0v) is 12.1. The number of halogens is 1. The average molecular weight is 326 g/mol. The second-order valence-electron chi connectivity index (χ2n) is 3.84.